The number of aryl methyl sites for hydroxylation is 1. The summed E-state index contributed by atoms with van der Waals surface area (Å²) in [5, 5.41) is 15.0. The van der Waals surface area contributed by atoms with Crippen LogP contribution in [0.15, 0.2) is 35.0 Å². The van der Waals surface area contributed by atoms with Crippen LogP contribution in [0, 0.1) is 18.8 Å². The third kappa shape index (κ3) is 4.35. The maximum absolute atomic E-state index is 12.2. The van der Waals surface area contributed by atoms with Crippen molar-refractivity contribution in [3.8, 4) is 11.8 Å². The predicted octanol–water partition coefficient (Wildman–Crippen LogP) is 2.87. The van der Waals surface area contributed by atoms with Crippen LogP contribution >= 0.6 is 11.6 Å². The van der Waals surface area contributed by atoms with Gasteiger partial charge in [0.15, 0.2) is 11.4 Å². The molecule has 5 rings (SSSR count). The van der Waals surface area contributed by atoms with Crippen LogP contribution in [0.25, 0.3) is 0 Å². The molecule has 35 heavy (non-hydrogen) atoms. The van der Waals surface area contributed by atoms with Crippen molar-refractivity contribution in [3.63, 3.8) is 0 Å². The second-order valence-electron chi connectivity index (χ2n) is 9.29. The molecule has 9 nitrogen and oxygen atoms in total. The van der Waals surface area contributed by atoms with Gasteiger partial charge in [-0.05, 0) is 44.4 Å². The zero-order valence-corrected chi connectivity index (χ0v) is 20.8. The number of nitrogen functional groups attached to an aromatic ring is 1. The van der Waals surface area contributed by atoms with E-state index in [2.05, 4.69) is 27.0 Å². The molecule has 1 saturated heterocycles. The van der Waals surface area contributed by atoms with Crippen LogP contribution in [-0.2, 0) is 20.9 Å². The van der Waals surface area contributed by atoms with Gasteiger partial charge in [0.1, 0.15) is 26.3 Å². The summed E-state index contributed by atoms with van der Waals surface area (Å²) in [5.41, 5.74) is 6.83. The summed E-state index contributed by atoms with van der Waals surface area (Å²) in [6.07, 6.45) is 2.46. The maximum Gasteiger partial charge on any atom is 0.222 e. The Morgan fingerprint density at radius 2 is 2.03 bits per heavy atom. The molecule has 3 N–H and O–H groups in total. The third-order valence-corrected chi connectivity index (χ3v) is 8.60. The largest absolute Gasteiger partial charge is 0.372 e. The Bertz CT molecular complexity index is 1480. The first-order valence-electron chi connectivity index (χ1n) is 11.1. The van der Waals surface area contributed by atoms with Crippen LogP contribution < -0.4 is 10.6 Å². The van der Waals surface area contributed by atoms with Gasteiger partial charge in [-0.3, -0.25) is 0 Å². The normalized spacial score (nSPS) is 19.6. The molecule has 2 aliphatic heterocycles. The number of anilines is 3. The highest BCUT2D eigenvalue weighted by molar-refractivity contribution is 7.91. The topological polar surface area (TPSA) is 135 Å². The summed E-state index contributed by atoms with van der Waals surface area (Å²) in [7, 11) is -3.06. The molecule has 0 amide bonds. The van der Waals surface area contributed by atoms with Gasteiger partial charge in [-0.25, -0.2) is 13.4 Å². The molecule has 1 fully saturated rings. The van der Waals surface area contributed by atoms with Gasteiger partial charge in [-0.2, -0.15) is 4.98 Å². The van der Waals surface area contributed by atoms with Gasteiger partial charge >= 0.3 is 0 Å². The Balaban J connectivity index is 1.58. The first-order chi connectivity index (χ1) is 16.5. The number of rotatable bonds is 2. The quantitative estimate of drug-likeness (QED) is 0.495. The van der Waals surface area contributed by atoms with Gasteiger partial charge in [0.25, 0.3) is 0 Å². The molecule has 1 spiro atoms. The number of aromatic nitrogens is 3. The van der Waals surface area contributed by atoms with Gasteiger partial charge in [0, 0.05) is 29.3 Å². The molecule has 0 aliphatic carbocycles. The lowest BCUT2D eigenvalue weighted by molar-refractivity contribution is 0.112. The predicted molar refractivity (Wildman–Crippen MR) is 132 cm³/mol. The minimum Gasteiger partial charge on any atom is -0.372 e. The lowest BCUT2D eigenvalue weighted by Crippen LogP contribution is -2.40. The molecule has 0 bridgehead atoms. The fourth-order valence-electron chi connectivity index (χ4n) is 4.71. The Labute approximate surface area is 208 Å². The Kier molecular flexibility index (Phi) is 5.55. The Morgan fingerprint density at radius 1 is 1.29 bits per heavy atom. The number of nitrogens with two attached hydrogens (primary N) is 1. The summed E-state index contributed by atoms with van der Waals surface area (Å²) >= 11 is 6.45. The lowest BCUT2D eigenvalue weighted by Gasteiger charge is -2.34. The lowest BCUT2D eigenvalue weighted by atomic mass is 9.77. The zero-order chi connectivity index (χ0) is 25.0. The molecule has 0 radical (unpaired) electrons. The van der Waals surface area contributed by atoms with Gasteiger partial charge in [0.2, 0.25) is 5.95 Å². The number of halogens is 1. The van der Waals surface area contributed by atoms with Crippen molar-refractivity contribution in [1.29, 1.82) is 0 Å². The number of hydrogen-bond acceptors (Lipinski definition) is 9. The number of hydrogen-bond donors (Lipinski definition) is 2. The number of benzene rings is 1. The second-order valence-corrected chi connectivity index (χ2v) is 12.0. The van der Waals surface area contributed by atoms with E-state index in [9.17, 15) is 13.5 Å². The third-order valence-electron chi connectivity index (χ3n) is 6.68. The fraction of sp³-hybridized carbons (Fsp3) is 0.375. The average Bonchev–Trinajstić information content (AvgIpc) is 3.39. The Hall–Kier alpha value is -3.13. The highest BCUT2D eigenvalue weighted by Crippen LogP contribution is 2.50. The van der Waals surface area contributed by atoms with Gasteiger partial charge in [0.05, 0.1) is 17.7 Å². The highest BCUT2D eigenvalue weighted by atomic mass is 35.5. The standard InChI is InChI=1S/C24H24ClN5O4S/c1-15-11-20(29-34-15)23(2,31)6-5-16-3-4-17-19(12-16)30(21-18(25)13-27-22(26)28-21)14-24(17)7-9-35(32,33)10-8-24/h3-4,11-13,31H,7-10,14H2,1-2H3,(H2,26,27,28)/t23-/m0/s1. The maximum atomic E-state index is 12.2. The van der Waals surface area contributed by atoms with Gasteiger partial charge in [-0.1, -0.05) is 34.7 Å². The van der Waals surface area contributed by atoms with E-state index in [0.29, 0.717) is 47.2 Å². The molecule has 3 aromatic rings. The second kappa shape index (κ2) is 8.22. The summed E-state index contributed by atoms with van der Waals surface area (Å²) < 4.78 is 29.4. The molecule has 0 unspecified atom stereocenters. The summed E-state index contributed by atoms with van der Waals surface area (Å²) in [4.78, 5) is 10.3. The molecule has 0 saturated carbocycles. The highest BCUT2D eigenvalue weighted by Gasteiger charge is 2.47. The summed E-state index contributed by atoms with van der Waals surface area (Å²) in [6, 6.07) is 7.39. The SMILES string of the molecule is Cc1cc([C@@](C)(O)C#Cc2ccc3c(c2)N(c2nc(N)ncc2Cl)CC32CCS(=O)(=O)CC2)no1. The molecule has 4 heterocycles. The molecule has 1 aromatic carbocycles. The molecule has 182 valence electrons. The van der Waals surface area contributed by atoms with Gasteiger partial charge < -0.3 is 20.3 Å². The van der Waals surface area contributed by atoms with E-state index in [0.717, 1.165) is 11.3 Å². The molecule has 2 aromatic heterocycles. The van der Waals surface area contributed by atoms with E-state index in [-0.39, 0.29) is 22.9 Å². The van der Waals surface area contributed by atoms with Crippen molar-refractivity contribution in [1.82, 2.24) is 15.1 Å². The molecule has 11 heteroatoms. The van der Waals surface area contributed by atoms with Crippen LogP contribution in [0.5, 0.6) is 0 Å². The average molecular weight is 514 g/mol. The van der Waals surface area contributed by atoms with E-state index >= 15 is 0 Å². The first kappa shape index (κ1) is 23.6. The van der Waals surface area contributed by atoms with Crippen LogP contribution in [0.1, 0.15) is 42.3 Å². The summed E-state index contributed by atoms with van der Waals surface area (Å²) in [5.74, 6) is 7.28. The van der Waals surface area contributed by atoms with Crippen LogP contribution in [0.3, 0.4) is 0 Å². The minimum absolute atomic E-state index is 0.0908. The van der Waals surface area contributed by atoms with Crippen molar-refractivity contribution in [2.45, 2.75) is 37.7 Å². The van der Waals surface area contributed by atoms with Crippen molar-refractivity contribution in [2.75, 3.05) is 28.7 Å². The smallest absolute Gasteiger partial charge is 0.222 e. The van der Waals surface area contributed by atoms with Crippen molar-refractivity contribution in [2.24, 2.45) is 0 Å². The minimum atomic E-state index is -3.06. The van der Waals surface area contributed by atoms with E-state index in [1.54, 1.807) is 19.9 Å². The van der Waals surface area contributed by atoms with Crippen LogP contribution in [0.2, 0.25) is 5.02 Å². The van der Waals surface area contributed by atoms with Crippen LogP contribution in [-0.4, -0.2) is 46.7 Å². The number of sulfone groups is 1. The van der Waals surface area contributed by atoms with Crippen molar-refractivity contribution in [3.05, 3.63) is 58.1 Å². The van der Waals surface area contributed by atoms with E-state index in [1.165, 1.54) is 6.20 Å². The first-order valence-corrected chi connectivity index (χ1v) is 13.3. The zero-order valence-electron chi connectivity index (χ0n) is 19.2. The number of nitrogens with zero attached hydrogens (tertiary/aromatic N) is 4. The number of aliphatic hydroxyl groups is 1. The molecular formula is C24H24ClN5O4S. The fourth-order valence-corrected chi connectivity index (χ4v) is 6.51. The number of fused-ring (bicyclic) bond motifs is 2. The molecule has 1 atom stereocenters. The van der Waals surface area contributed by atoms with Crippen molar-refractivity contribution >= 4 is 38.9 Å². The van der Waals surface area contributed by atoms with E-state index in [4.69, 9.17) is 21.9 Å². The van der Waals surface area contributed by atoms with Crippen LogP contribution in [0.4, 0.5) is 17.5 Å². The monoisotopic (exact) mass is 513 g/mol. The van der Waals surface area contributed by atoms with Gasteiger partial charge in [-0.15, -0.1) is 0 Å². The Morgan fingerprint density at radius 3 is 2.71 bits per heavy atom. The molecule has 2 aliphatic rings. The van der Waals surface area contributed by atoms with Crippen molar-refractivity contribution < 1.29 is 18.0 Å². The molecular weight excluding hydrogens is 490 g/mol. The summed E-state index contributed by atoms with van der Waals surface area (Å²) in [6.45, 7) is 3.81. The van der Waals surface area contributed by atoms with E-state index in [1.807, 2.05) is 23.1 Å². The van der Waals surface area contributed by atoms with E-state index < -0.39 is 15.4 Å².